The number of amides is 1. The molecule has 0 spiro atoms. The van der Waals surface area contributed by atoms with Gasteiger partial charge in [0.15, 0.2) is 6.10 Å². The van der Waals surface area contributed by atoms with Gasteiger partial charge in [0.1, 0.15) is 6.10 Å². The molecule has 1 fully saturated rings. The maximum atomic E-state index is 12.5. The van der Waals surface area contributed by atoms with Gasteiger partial charge in [-0.2, -0.15) is 0 Å². The van der Waals surface area contributed by atoms with Gasteiger partial charge in [0.25, 0.3) is 0 Å². The lowest BCUT2D eigenvalue weighted by Gasteiger charge is -2.24. The van der Waals surface area contributed by atoms with Crippen molar-refractivity contribution in [1.82, 2.24) is 5.32 Å². The van der Waals surface area contributed by atoms with Crippen molar-refractivity contribution < 1.29 is 19.4 Å². The van der Waals surface area contributed by atoms with E-state index in [0.717, 1.165) is 17.5 Å². The number of benzene rings is 1. The molecule has 5 heteroatoms. The van der Waals surface area contributed by atoms with E-state index < -0.39 is 18.2 Å². The Balaban J connectivity index is 2.08. The fourth-order valence-corrected chi connectivity index (χ4v) is 2.99. The van der Waals surface area contributed by atoms with Crippen LogP contribution in [0, 0.1) is 12.8 Å². The average molecular weight is 319 g/mol. The first-order valence-corrected chi connectivity index (χ1v) is 8.12. The summed E-state index contributed by atoms with van der Waals surface area (Å²) in [4.78, 5) is 23.4. The predicted molar refractivity (Wildman–Crippen MR) is 87.0 cm³/mol. The molecule has 1 aliphatic rings. The van der Waals surface area contributed by atoms with Crippen LogP contribution in [0.15, 0.2) is 24.3 Å². The van der Waals surface area contributed by atoms with Crippen LogP contribution in [-0.2, 0) is 14.3 Å². The molecule has 1 unspecified atom stereocenters. The minimum atomic E-state index is -1.00. The molecular weight excluding hydrogens is 294 g/mol. The smallest absolute Gasteiger partial charge is 0.332 e. The lowest BCUT2D eigenvalue weighted by Crippen LogP contribution is -2.38. The number of nitrogens with one attached hydrogen (secondary N) is 1. The summed E-state index contributed by atoms with van der Waals surface area (Å²) >= 11 is 0. The molecule has 0 aromatic heterocycles. The molecule has 3 atom stereocenters. The highest BCUT2D eigenvalue weighted by molar-refractivity contribution is 5.83. The van der Waals surface area contributed by atoms with E-state index >= 15 is 0 Å². The number of carboxylic acids is 1. The monoisotopic (exact) mass is 319 g/mol. The zero-order valence-corrected chi connectivity index (χ0v) is 13.9. The molecule has 1 amide bonds. The van der Waals surface area contributed by atoms with Gasteiger partial charge in [0.05, 0.1) is 6.04 Å². The standard InChI is InChI=1S/C18H25NO4/c1-11(2)10-14(13-7-5-4-6-12(13)3)19-17(20)15-8-9-16(23-15)18(21)22/h4-7,11,14-16H,8-10H2,1-3H3,(H,19,20)(H,21,22)/t14?,15-,16+/m0/s1. The maximum Gasteiger partial charge on any atom is 0.332 e. The van der Waals surface area contributed by atoms with Crippen molar-refractivity contribution in [2.24, 2.45) is 5.92 Å². The first kappa shape index (κ1) is 17.5. The number of aryl methyl sites for hydroxylation is 1. The van der Waals surface area contributed by atoms with Gasteiger partial charge in [-0.25, -0.2) is 4.79 Å². The minimum Gasteiger partial charge on any atom is -0.479 e. The van der Waals surface area contributed by atoms with Gasteiger partial charge in [-0.15, -0.1) is 0 Å². The van der Waals surface area contributed by atoms with Crippen molar-refractivity contribution in [1.29, 1.82) is 0 Å². The third-order valence-corrected chi connectivity index (χ3v) is 4.17. The number of ether oxygens (including phenoxy) is 1. The summed E-state index contributed by atoms with van der Waals surface area (Å²) in [5.74, 6) is -0.795. The molecule has 2 N–H and O–H groups in total. The van der Waals surface area contributed by atoms with Gasteiger partial charge >= 0.3 is 5.97 Å². The van der Waals surface area contributed by atoms with Gasteiger partial charge in [0.2, 0.25) is 5.91 Å². The van der Waals surface area contributed by atoms with E-state index in [9.17, 15) is 9.59 Å². The van der Waals surface area contributed by atoms with Crippen molar-refractivity contribution in [3.8, 4) is 0 Å². The molecule has 5 nitrogen and oxygen atoms in total. The Morgan fingerprint density at radius 2 is 1.91 bits per heavy atom. The molecule has 0 aliphatic carbocycles. The molecule has 0 bridgehead atoms. The molecule has 1 aromatic carbocycles. The molecular formula is C18H25NO4. The summed E-state index contributed by atoms with van der Waals surface area (Å²) < 4.78 is 5.35. The highest BCUT2D eigenvalue weighted by atomic mass is 16.5. The Hall–Kier alpha value is -1.88. The second kappa shape index (κ2) is 7.59. The molecule has 1 saturated heterocycles. The first-order valence-electron chi connectivity index (χ1n) is 8.12. The molecule has 0 radical (unpaired) electrons. The average Bonchev–Trinajstić information content (AvgIpc) is 2.96. The summed E-state index contributed by atoms with van der Waals surface area (Å²) in [6.45, 7) is 6.26. The molecule has 1 aromatic rings. The number of hydrogen-bond acceptors (Lipinski definition) is 3. The number of aliphatic carboxylic acids is 1. The van der Waals surface area contributed by atoms with E-state index in [1.165, 1.54) is 0 Å². The molecule has 1 aliphatic heterocycles. The molecule has 23 heavy (non-hydrogen) atoms. The van der Waals surface area contributed by atoms with Crippen molar-refractivity contribution in [3.05, 3.63) is 35.4 Å². The molecule has 1 heterocycles. The van der Waals surface area contributed by atoms with Crippen LogP contribution in [0.3, 0.4) is 0 Å². The third kappa shape index (κ3) is 4.55. The summed E-state index contributed by atoms with van der Waals surface area (Å²) in [5.41, 5.74) is 2.23. The number of hydrogen-bond donors (Lipinski definition) is 2. The Morgan fingerprint density at radius 3 is 2.48 bits per heavy atom. The highest BCUT2D eigenvalue weighted by Gasteiger charge is 2.35. The van der Waals surface area contributed by atoms with Crippen molar-refractivity contribution in [2.45, 2.75) is 58.3 Å². The summed E-state index contributed by atoms with van der Waals surface area (Å²) in [7, 11) is 0. The fourth-order valence-electron chi connectivity index (χ4n) is 2.99. The van der Waals surface area contributed by atoms with E-state index in [0.29, 0.717) is 18.8 Å². The largest absolute Gasteiger partial charge is 0.479 e. The topological polar surface area (TPSA) is 75.6 Å². The normalized spacial score (nSPS) is 22.1. The lowest BCUT2D eigenvalue weighted by atomic mass is 9.93. The zero-order valence-electron chi connectivity index (χ0n) is 13.9. The van der Waals surface area contributed by atoms with E-state index in [4.69, 9.17) is 9.84 Å². The zero-order chi connectivity index (χ0) is 17.0. The quantitative estimate of drug-likeness (QED) is 0.845. The van der Waals surface area contributed by atoms with Gasteiger partial charge in [-0.05, 0) is 43.2 Å². The maximum absolute atomic E-state index is 12.5. The van der Waals surface area contributed by atoms with E-state index in [1.807, 2.05) is 31.2 Å². The second-order valence-electron chi connectivity index (χ2n) is 6.58. The number of carboxylic acid groups (broad SMARTS) is 1. The van der Waals surface area contributed by atoms with E-state index in [2.05, 4.69) is 19.2 Å². The number of carbonyl (C=O) groups is 2. The lowest BCUT2D eigenvalue weighted by molar-refractivity contribution is -0.151. The van der Waals surface area contributed by atoms with Crippen LogP contribution < -0.4 is 5.32 Å². The van der Waals surface area contributed by atoms with Gasteiger partial charge in [-0.3, -0.25) is 4.79 Å². The second-order valence-corrected chi connectivity index (χ2v) is 6.58. The van der Waals surface area contributed by atoms with Gasteiger partial charge in [-0.1, -0.05) is 38.1 Å². The first-order chi connectivity index (χ1) is 10.9. The summed E-state index contributed by atoms with van der Waals surface area (Å²) in [6, 6.07) is 7.91. The predicted octanol–water partition coefficient (Wildman–Crippen LogP) is 2.83. The Kier molecular flexibility index (Phi) is 5.77. The van der Waals surface area contributed by atoms with Crippen LogP contribution in [0.5, 0.6) is 0 Å². The van der Waals surface area contributed by atoms with Crippen LogP contribution in [0.25, 0.3) is 0 Å². The van der Waals surface area contributed by atoms with E-state index in [-0.39, 0.29) is 11.9 Å². The minimum absolute atomic E-state index is 0.0869. The molecule has 2 rings (SSSR count). The summed E-state index contributed by atoms with van der Waals surface area (Å²) in [6.07, 6.45) is 0.117. The van der Waals surface area contributed by atoms with Gasteiger partial charge in [0, 0.05) is 0 Å². The Labute approximate surface area is 137 Å². The molecule has 126 valence electrons. The van der Waals surface area contributed by atoms with Crippen LogP contribution in [0.1, 0.15) is 50.3 Å². The van der Waals surface area contributed by atoms with Crippen LogP contribution >= 0.6 is 0 Å². The van der Waals surface area contributed by atoms with Crippen LogP contribution in [-0.4, -0.2) is 29.2 Å². The Morgan fingerprint density at radius 1 is 1.26 bits per heavy atom. The van der Waals surface area contributed by atoms with Crippen LogP contribution in [0.4, 0.5) is 0 Å². The van der Waals surface area contributed by atoms with Gasteiger partial charge < -0.3 is 15.2 Å². The molecule has 0 saturated carbocycles. The van der Waals surface area contributed by atoms with Crippen molar-refractivity contribution in [2.75, 3.05) is 0 Å². The number of carbonyl (C=O) groups excluding carboxylic acids is 1. The highest BCUT2D eigenvalue weighted by Crippen LogP contribution is 2.26. The SMILES string of the molecule is Cc1ccccc1C(CC(C)C)NC(=O)[C@@H]1CC[C@H](C(=O)O)O1. The fraction of sp³-hybridized carbons (Fsp3) is 0.556. The van der Waals surface area contributed by atoms with Crippen LogP contribution in [0.2, 0.25) is 0 Å². The Bertz CT molecular complexity index is 570. The van der Waals surface area contributed by atoms with E-state index in [1.54, 1.807) is 0 Å². The van der Waals surface area contributed by atoms with Crippen molar-refractivity contribution in [3.63, 3.8) is 0 Å². The third-order valence-electron chi connectivity index (χ3n) is 4.17. The summed E-state index contributed by atoms with van der Waals surface area (Å²) in [5, 5.41) is 12.0. The number of rotatable bonds is 6. The van der Waals surface area contributed by atoms with Crippen molar-refractivity contribution >= 4 is 11.9 Å².